The predicted octanol–water partition coefficient (Wildman–Crippen LogP) is 0.278. The van der Waals surface area contributed by atoms with Crippen LogP contribution in [0.2, 0.25) is 0 Å². The van der Waals surface area contributed by atoms with E-state index in [1.165, 1.54) is 0 Å². The van der Waals surface area contributed by atoms with Gasteiger partial charge in [0.1, 0.15) is 5.82 Å². The maximum atomic E-state index is 5.87. The van der Waals surface area contributed by atoms with Crippen molar-refractivity contribution in [2.45, 2.75) is 18.6 Å². The van der Waals surface area contributed by atoms with Crippen LogP contribution in [-0.4, -0.2) is 53.3 Å². The number of hydrazine groups is 1. The lowest BCUT2D eigenvalue weighted by molar-refractivity contribution is -0.0388. The molecule has 21 heavy (non-hydrogen) atoms. The van der Waals surface area contributed by atoms with Gasteiger partial charge in [-0.15, -0.1) is 0 Å². The van der Waals surface area contributed by atoms with Crippen LogP contribution in [0.3, 0.4) is 0 Å². The van der Waals surface area contributed by atoms with Gasteiger partial charge in [0.05, 0.1) is 29.8 Å². The molecule has 6 heteroatoms. The van der Waals surface area contributed by atoms with Crippen LogP contribution < -0.4 is 11.3 Å². The van der Waals surface area contributed by atoms with E-state index in [-0.39, 0.29) is 12.1 Å². The summed E-state index contributed by atoms with van der Waals surface area (Å²) in [5.74, 6) is 6.78. The molecule has 0 aliphatic carbocycles. The zero-order valence-corrected chi connectivity index (χ0v) is 12.6. The fourth-order valence-electron chi connectivity index (χ4n) is 2.93. The van der Waals surface area contributed by atoms with Crippen LogP contribution in [0.1, 0.15) is 5.82 Å². The smallest absolute Gasteiger partial charge is 0.111 e. The topological polar surface area (TPSA) is 68.3 Å². The third-order valence-corrected chi connectivity index (χ3v) is 4.24. The number of hydrogen-bond acceptors (Lipinski definition) is 5. The average molecular weight is 289 g/mol. The third-order valence-electron chi connectivity index (χ3n) is 4.24. The van der Waals surface area contributed by atoms with E-state index in [0.29, 0.717) is 0 Å². The summed E-state index contributed by atoms with van der Waals surface area (Å²) in [5.41, 5.74) is 5.07. The third kappa shape index (κ3) is 2.94. The molecule has 2 atom stereocenters. The molecule has 6 nitrogen and oxygen atoms in total. The Morgan fingerprint density at radius 3 is 2.95 bits per heavy atom. The number of morpholine rings is 1. The van der Waals surface area contributed by atoms with Gasteiger partial charge in [-0.2, -0.15) is 0 Å². The SMILES string of the molecule is CN1CCOC(C(Cc2nc3ccccc3n2C)NN)C1. The first-order valence-corrected chi connectivity index (χ1v) is 7.35. The van der Waals surface area contributed by atoms with Gasteiger partial charge in [0.2, 0.25) is 0 Å². The lowest BCUT2D eigenvalue weighted by Gasteiger charge is -2.34. The van der Waals surface area contributed by atoms with Crippen molar-refractivity contribution in [3.63, 3.8) is 0 Å². The summed E-state index contributed by atoms with van der Waals surface area (Å²) >= 11 is 0. The molecule has 0 spiro atoms. The van der Waals surface area contributed by atoms with E-state index in [9.17, 15) is 0 Å². The van der Waals surface area contributed by atoms with Gasteiger partial charge in [-0.1, -0.05) is 12.1 Å². The second-order valence-electron chi connectivity index (χ2n) is 5.72. The van der Waals surface area contributed by atoms with Crippen molar-refractivity contribution in [3.8, 4) is 0 Å². The van der Waals surface area contributed by atoms with E-state index < -0.39 is 0 Å². The average Bonchev–Trinajstić information content (AvgIpc) is 2.81. The normalized spacial score (nSPS) is 21.8. The number of fused-ring (bicyclic) bond motifs is 1. The zero-order chi connectivity index (χ0) is 14.8. The molecular weight excluding hydrogens is 266 g/mol. The Morgan fingerprint density at radius 2 is 2.24 bits per heavy atom. The monoisotopic (exact) mass is 289 g/mol. The molecule has 2 unspecified atom stereocenters. The number of likely N-dealkylation sites (N-methyl/N-ethyl adjacent to an activating group) is 1. The Kier molecular flexibility index (Phi) is 4.21. The van der Waals surface area contributed by atoms with E-state index in [1.54, 1.807) is 0 Å². The number of nitrogens with two attached hydrogens (primary N) is 1. The Hall–Kier alpha value is -1.47. The minimum absolute atomic E-state index is 0.0586. The number of para-hydroxylation sites is 2. The number of aryl methyl sites for hydroxylation is 1. The Bertz CT molecular complexity index is 611. The first-order chi connectivity index (χ1) is 10.2. The van der Waals surface area contributed by atoms with E-state index in [0.717, 1.165) is 43.0 Å². The number of nitrogens with one attached hydrogen (secondary N) is 1. The maximum absolute atomic E-state index is 5.87. The first kappa shape index (κ1) is 14.5. The number of aromatic nitrogens is 2. The van der Waals surface area contributed by atoms with Crippen molar-refractivity contribution < 1.29 is 4.74 Å². The molecule has 0 radical (unpaired) electrons. The number of rotatable bonds is 4. The molecule has 114 valence electrons. The standard InChI is InChI=1S/C15H23N5O/c1-19-7-8-21-14(10-19)12(18-16)9-15-17-11-5-3-4-6-13(11)20(15)2/h3-6,12,14,18H,7-10,16H2,1-2H3. The summed E-state index contributed by atoms with van der Waals surface area (Å²) < 4.78 is 8.00. The molecule has 1 saturated heterocycles. The molecule has 2 heterocycles. The van der Waals surface area contributed by atoms with Gasteiger partial charge in [0, 0.05) is 26.6 Å². The van der Waals surface area contributed by atoms with Gasteiger partial charge < -0.3 is 14.2 Å². The number of nitrogens with zero attached hydrogens (tertiary/aromatic N) is 3. The second kappa shape index (κ2) is 6.11. The minimum Gasteiger partial charge on any atom is -0.374 e. The second-order valence-corrected chi connectivity index (χ2v) is 5.72. The van der Waals surface area contributed by atoms with E-state index in [1.807, 2.05) is 25.2 Å². The number of benzene rings is 1. The zero-order valence-electron chi connectivity index (χ0n) is 12.6. The summed E-state index contributed by atoms with van der Waals surface area (Å²) in [6, 6.07) is 8.22. The lowest BCUT2D eigenvalue weighted by Crippen LogP contribution is -2.54. The number of ether oxygens (including phenoxy) is 1. The molecule has 1 fully saturated rings. The highest BCUT2D eigenvalue weighted by atomic mass is 16.5. The van der Waals surface area contributed by atoms with Crippen LogP contribution in [0, 0.1) is 0 Å². The fourth-order valence-corrected chi connectivity index (χ4v) is 2.93. The molecule has 1 aliphatic heterocycles. The Labute approximate surface area is 124 Å². The van der Waals surface area contributed by atoms with Crippen LogP contribution in [-0.2, 0) is 18.2 Å². The molecular formula is C15H23N5O. The Balaban J connectivity index is 1.80. The molecule has 0 saturated carbocycles. The molecule has 3 rings (SSSR count). The van der Waals surface area contributed by atoms with Crippen LogP contribution in [0.5, 0.6) is 0 Å². The molecule has 2 aromatic rings. The van der Waals surface area contributed by atoms with Gasteiger partial charge in [-0.25, -0.2) is 4.98 Å². The summed E-state index contributed by atoms with van der Waals surface area (Å²) in [4.78, 5) is 6.98. The van der Waals surface area contributed by atoms with Crippen molar-refractivity contribution in [2.24, 2.45) is 12.9 Å². The van der Waals surface area contributed by atoms with Gasteiger partial charge >= 0.3 is 0 Å². The summed E-state index contributed by atoms with van der Waals surface area (Å²) in [6.07, 6.45) is 0.841. The van der Waals surface area contributed by atoms with Gasteiger partial charge in [0.25, 0.3) is 0 Å². The first-order valence-electron chi connectivity index (χ1n) is 7.35. The predicted molar refractivity (Wildman–Crippen MR) is 82.8 cm³/mol. The Morgan fingerprint density at radius 1 is 1.43 bits per heavy atom. The fraction of sp³-hybridized carbons (Fsp3) is 0.533. The quantitative estimate of drug-likeness (QED) is 0.625. The van der Waals surface area contributed by atoms with Crippen molar-refractivity contribution in [1.29, 1.82) is 0 Å². The number of hydrogen-bond donors (Lipinski definition) is 2. The largest absolute Gasteiger partial charge is 0.374 e. The van der Waals surface area contributed by atoms with E-state index in [2.05, 4.69) is 28.0 Å². The highest BCUT2D eigenvalue weighted by molar-refractivity contribution is 5.75. The van der Waals surface area contributed by atoms with Crippen molar-refractivity contribution in [1.82, 2.24) is 19.9 Å². The highest BCUT2D eigenvalue weighted by Crippen LogP contribution is 2.17. The van der Waals surface area contributed by atoms with Crippen LogP contribution >= 0.6 is 0 Å². The molecule has 0 bridgehead atoms. The molecule has 0 amide bonds. The van der Waals surface area contributed by atoms with Gasteiger partial charge in [-0.05, 0) is 19.2 Å². The van der Waals surface area contributed by atoms with Crippen molar-refractivity contribution in [2.75, 3.05) is 26.7 Å². The van der Waals surface area contributed by atoms with E-state index >= 15 is 0 Å². The van der Waals surface area contributed by atoms with Gasteiger partial charge in [-0.3, -0.25) is 11.3 Å². The molecule has 1 aromatic heterocycles. The van der Waals surface area contributed by atoms with Crippen molar-refractivity contribution in [3.05, 3.63) is 30.1 Å². The van der Waals surface area contributed by atoms with Gasteiger partial charge in [0.15, 0.2) is 0 Å². The van der Waals surface area contributed by atoms with Crippen LogP contribution in [0.4, 0.5) is 0 Å². The lowest BCUT2D eigenvalue weighted by atomic mass is 10.1. The van der Waals surface area contributed by atoms with E-state index in [4.69, 9.17) is 15.6 Å². The summed E-state index contributed by atoms with van der Waals surface area (Å²) in [7, 11) is 4.16. The minimum atomic E-state index is 0.0586. The molecule has 3 N–H and O–H groups in total. The molecule has 1 aromatic carbocycles. The number of imidazole rings is 1. The maximum Gasteiger partial charge on any atom is 0.111 e. The molecule has 1 aliphatic rings. The van der Waals surface area contributed by atoms with Crippen molar-refractivity contribution >= 4 is 11.0 Å². The van der Waals surface area contributed by atoms with Crippen LogP contribution in [0.15, 0.2) is 24.3 Å². The summed E-state index contributed by atoms with van der Waals surface area (Å²) in [6.45, 7) is 2.61. The van der Waals surface area contributed by atoms with Crippen LogP contribution in [0.25, 0.3) is 11.0 Å². The summed E-state index contributed by atoms with van der Waals surface area (Å²) in [5, 5.41) is 0. The highest BCUT2D eigenvalue weighted by Gasteiger charge is 2.27.